The zero-order chi connectivity index (χ0) is 15.2. The van der Waals surface area contributed by atoms with Crippen LogP contribution in [0.15, 0.2) is 57.9 Å². The van der Waals surface area contributed by atoms with Gasteiger partial charge in [-0.15, -0.1) is 11.8 Å². The minimum absolute atomic E-state index is 0.0495. The van der Waals surface area contributed by atoms with E-state index in [1.165, 1.54) is 11.8 Å². The van der Waals surface area contributed by atoms with Crippen LogP contribution in [-0.2, 0) is 4.79 Å². The van der Waals surface area contributed by atoms with Crippen molar-refractivity contribution in [3.63, 3.8) is 0 Å². The molecule has 2 aromatic rings. The number of carbonyl (C=O) groups excluding carboxylic acids is 1. The molecule has 1 unspecified atom stereocenters. The SMILES string of the molecule is CC(O)c1ccc(SCC(=O)Nc2ccccc2Br)cc1. The van der Waals surface area contributed by atoms with E-state index in [9.17, 15) is 9.90 Å². The first-order chi connectivity index (χ1) is 10.1. The van der Waals surface area contributed by atoms with Gasteiger partial charge in [-0.2, -0.15) is 0 Å². The third-order valence-corrected chi connectivity index (χ3v) is 4.58. The molecule has 110 valence electrons. The highest BCUT2D eigenvalue weighted by atomic mass is 79.9. The van der Waals surface area contributed by atoms with Gasteiger partial charge in [0.1, 0.15) is 0 Å². The Bertz CT molecular complexity index is 614. The molecule has 0 spiro atoms. The van der Waals surface area contributed by atoms with Gasteiger partial charge in [0, 0.05) is 9.37 Å². The molecule has 0 fully saturated rings. The second-order valence-electron chi connectivity index (χ2n) is 4.56. The molecule has 1 atom stereocenters. The van der Waals surface area contributed by atoms with Gasteiger partial charge in [-0.25, -0.2) is 0 Å². The second-order valence-corrected chi connectivity index (χ2v) is 6.46. The molecule has 0 aliphatic carbocycles. The summed E-state index contributed by atoms with van der Waals surface area (Å²) in [5.41, 5.74) is 1.64. The predicted molar refractivity (Wildman–Crippen MR) is 90.6 cm³/mol. The van der Waals surface area contributed by atoms with Gasteiger partial charge in [0.2, 0.25) is 5.91 Å². The molecule has 2 aromatic carbocycles. The molecule has 5 heteroatoms. The van der Waals surface area contributed by atoms with Crippen LogP contribution in [0, 0.1) is 0 Å². The first-order valence-corrected chi connectivity index (χ1v) is 8.29. The van der Waals surface area contributed by atoms with Gasteiger partial charge < -0.3 is 10.4 Å². The van der Waals surface area contributed by atoms with Crippen molar-refractivity contribution in [2.75, 3.05) is 11.1 Å². The Morgan fingerprint density at radius 2 is 1.90 bits per heavy atom. The highest BCUT2D eigenvalue weighted by Crippen LogP contribution is 2.23. The van der Waals surface area contributed by atoms with Crippen molar-refractivity contribution in [1.29, 1.82) is 0 Å². The Morgan fingerprint density at radius 3 is 2.52 bits per heavy atom. The molecule has 0 radical (unpaired) electrons. The third-order valence-electron chi connectivity index (χ3n) is 2.88. The lowest BCUT2D eigenvalue weighted by Gasteiger charge is -2.08. The molecule has 0 bridgehead atoms. The van der Waals surface area contributed by atoms with E-state index in [4.69, 9.17) is 0 Å². The Kier molecular flexibility index (Phi) is 5.85. The predicted octanol–water partition coefficient (Wildman–Crippen LogP) is 4.23. The molecule has 0 saturated heterocycles. The molecule has 3 nitrogen and oxygen atoms in total. The highest BCUT2D eigenvalue weighted by molar-refractivity contribution is 9.10. The number of halogens is 1. The molecule has 0 saturated carbocycles. The monoisotopic (exact) mass is 365 g/mol. The lowest BCUT2D eigenvalue weighted by Crippen LogP contribution is -2.14. The number of nitrogens with one attached hydrogen (secondary N) is 1. The Morgan fingerprint density at radius 1 is 1.24 bits per heavy atom. The fourth-order valence-corrected chi connectivity index (χ4v) is 2.82. The maximum atomic E-state index is 11.9. The van der Waals surface area contributed by atoms with Crippen molar-refractivity contribution in [3.8, 4) is 0 Å². The Hall–Kier alpha value is -1.30. The van der Waals surface area contributed by atoms with Crippen LogP contribution in [0.2, 0.25) is 0 Å². The van der Waals surface area contributed by atoms with Crippen molar-refractivity contribution in [3.05, 3.63) is 58.6 Å². The van der Waals surface area contributed by atoms with Crippen LogP contribution in [0.4, 0.5) is 5.69 Å². The Labute approximate surface area is 136 Å². The summed E-state index contributed by atoms with van der Waals surface area (Å²) >= 11 is 4.86. The van der Waals surface area contributed by atoms with Crippen LogP contribution in [0.1, 0.15) is 18.6 Å². The number of anilines is 1. The van der Waals surface area contributed by atoms with Crippen LogP contribution < -0.4 is 5.32 Å². The molecular formula is C16H16BrNO2S. The van der Waals surface area contributed by atoms with Crippen LogP contribution in [0.3, 0.4) is 0 Å². The number of benzene rings is 2. The summed E-state index contributed by atoms with van der Waals surface area (Å²) in [7, 11) is 0. The maximum absolute atomic E-state index is 11.9. The quantitative estimate of drug-likeness (QED) is 0.779. The largest absolute Gasteiger partial charge is 0.389 e. The average Bonchev–Trinajstić information content (AvgIpc) is 2.48. The molecule has 0 aliphatic heterocycles. The molecule has 0 aliphatic rings. The fraction of sp³-hybridized carbons (Fsp3) is 0.188. The third kappa shape index (κ3) is 4.88. The van der Waals surface area contributed by atoms with Gasteiger partial charge in [-0.3, -0.25) is 4.79 Å². The Balaban J connectivity index is 1.88. The molecule has 0 aromatic heterocycles. The van der Waals surface area contributed by atoms with Crippen molar-refractivity contribution in [2.24, 2.45) is 0 Å². The minimum Gasteiger partial charge on any atom is -0.389 e. The number of aliphatic hydroxyl groups excluding tert-OH is 1. The molecule has 2 N–H and O–H groups in total. The van der Waals surface area contributed by atoms with Crippen molar-refractivity contribution in [1.82, 2.24) is 0 Å². The number of aliphatic hydroxyl groups is 1. The average molecular weight is 366 g/mol. The zero-order valence-corrected chi connectivity index (χ0v) is 13.9. The van der Waals surface area contributed by atoms with Crippen LogP contribution in [0.25, 0.3) is 0 Å². The van der Waals surface area contributed by atoms with Gasteiger partial charge in [0.25, 0.3) is 0 Å². The topological polar surface area (TPSA) is 49.3 Å². The van der Waals surface area contributed by atoms with E-state index in [0.29, 0.717) is 5.75 Å². The van der Waals surface area contributed by atoms with Gasteiger partial charge >= 0.3 is 0 Å². The standard InChI is InChI=1S/C16H16BrNO2S/c1-11(19)12-6-8-13(9-7-12)21-10-16(20)18-15-5-3-2-4-14(15)17/h2-9,11,19H,10H2,1H3,(H,18,20). The number of para-hydroxylation sites is 1. The number of hydrogen-bond acceptors (Lipinski definition) is 3. The summed E-state index contributed by atoms with van der Waals surface area (Å²) in [6.45, 7) is 1.73. The van der Waals surface area contributed by atoms with Gasteiger partial charge in [-0.05, 0) is 52.7 Å². The smallest absolute Gasteiger partial charge is 0.234 e. The first kappa shape index (κ1) is 16.1. The zero-order valence-electron chi connectivity index (χ0n) is 11.5. The second kappa shape index (κ2) is 7.64. The summed E-state index contributed by atoms with van der Waals surface area (Å²) in [6.07, 6.45) is -0.470. The van der Waals surface area contributed by atoms with E-state index < -0.39 is 6.10 Å². The maximum Gasteiger partial charge on any atom is 0.234 e. The van der Waals surface area contributed by atoms with Gasteiger partial charge in [0.05, 0.1) is 17.5 Å². The summed E-state index contributed by atoms with van der Waals surface area (Å²) in [5, 5.41) is 12.3. The molecular weight excluding hydrogens is 350 g/mol. The highest BCUT2D eigenvalue weighted by Gasteiger charge is 2.06. The van der Waals surface area contributed by atoms with Crippen LogP contribution >= 0.6 is 27.7 Å². The molecule has 2 rings (SSSR count). The summed E-state index contributed by atoms with van der Waals surface area (Å²) in [5.74, 6) is 0.293. The number of carbonyl (C=O) groups is 1. The van der Waals surface area contributed by atoms with Crippen molar-refractivity contribution < 1.29 is 9.90 Å². The van der Waals surface area contributed by atoms with E-state index in [-0.39, 0.29) is 5.91 Å². The van der Waals surface area contributed by atoms with Crippen molar-refractivity contribution in [2.45, 2.75) is 17.9 Å². The van der Waals surface area contributed by atoms with E-state index in [0.717, 1.165) is 20.6 Å². The van der Waals surface area contributed by atoms with Crippen LogP contribution in [-0.4, -0.2) is 16.8 Å². The molecule has 1 amide bonds. The van der Waals surface area contributed by atoms with Gasteiger partial charge in [-0.1, -0.05) is 24.3 Å². The number of amides is 1. The van der Waals surface area contributed by atoms with Crippen LogP contribution in [0.5, 0.6) is 0 Å². The summed E-state index contributed by atoms with van der Waals surface area (Å²) < 4.78 is 0.865. The molecule has 21 heavy (non-hydrogen) atoms. The fourth-order valence-electron chi connectivity index (χ4n) is 1.74. The van der Waals surface area contributed by atoms with E-state index in [1.54, 1.807) is 6.92 Å². The van der Waals surface area contributed by atoms with Crippen molar-refractivity contribution >= 4 is 39.3 Å². The number of hydrogen-bond donors (Lipinski definition) is 2. The van der Waals surface area contributed by atoms with E-state index in [2.05, 4.69) is 21.2 Å². The minimum atomic E-state index is -0.470. The lowest BCUT2D eigenvalue weighted by atomic mass is 10.1. The lowest BCUT2D eigenvalue weighted by molar-refractivity contribution is -0.113. The number of rotatable bonds is 5. The van der Waals surface area contributed by atoms with E-state index in [1.807, 2.05) is 48.5 Å². The normalized spacial score (nSPS) is 12.0. The van der Waals surface area contributed by atoms with Gasteiger partial charge in [0.15, 0.2) is 0 Å². The van der Waals surface area contributed by atoms with E-state index >= 15 is 0 Å². The summed E-state index contributed by atoms with van der Waals surface area (Å²) in [6, 6.07) is 15.1. The number of thioether (sulfide) groups is 1. The summed E-state index contributed by atoms with van der Waals surface area (Å²) in [4.78, 5) is 12.9. The molecule has 0 heterocycles. The first-order valence-electron chi connectivity index (χ1n) is 6.51.